The Morgan fingerprint density at radius 3 is 2.84 bits per heavy atom. The molecule has 1 amide bonds. The minimum Gasteiger partial charge on any atom is -0.333 e. The van der Waals surface area contributed by atoms with Crippen molar-refractivity contribution in [3.63, 3.8) is 0 Å². The van der Waals surface area contributed by atoms with Gasteiger partial charge in [0.05, 0.1) is 6.54 Å². The van der Waals surface area contributed by atoms with Crippen LogP contribution in [0.4, 0.5) is 0 Å². The molecule has 1 fully saturated rings. The molecule has 2 aromatic heterocycles. The molecule has 1 atom stereocenters. The zero-order valence-corrected chi connectivity index (χ0v) is 14.1. The zero-order valence-electron chi connectivity index (χ0n) is 14.1. The second-order valence-corrected chi connectivity index (χ2v) is 6.86. The summed E-state index contributed by atoms with van der Waals surface area (Å²) in [6.45, 7) is 5.27. The van der Waals surface area contributed by atoms with Crippen molar-refractivity contribution < 1.29 is 4.79 Å². The van der Waals surface area contributed by atoms with Gasteiger partial charge in [-0.25, -0.2) is 10.1 Å². The lowest BCUT2D eigenvalue weighted by atomic mass is 10.1. The molecule has 132 valence electrons. The van der Waals surface area contributed by atoms with E-state index in [0.717, 1.165) is 32.0 Å². The summed E-state index contributed by atoms with van der Waals surface area (Å²) in [5.74, 6) is 1.07. The summed E-state index contributed by atoms with van der Waals surface area (Å²) in [5, 5.41) is 6.23. The highest BCUT2D eigenvalue weighted by Gasteiger charge is 2.28. The fourth-order valence-corrected chi connectivity index (χ4v) is 3.77. The number of carbonyl (C=O) groups excluding carboxylic acids is 1. The Kier molecular flexibility index (Phi) is 4.35. The standard InChI is InChI=1S/C17H22N6O2/c24-16-4-3-14(19-20-16)17(25)23-11-13(9-21-6-1-2-7-21)10-22-8-5-18-15(22)12-23/h3-5,8,13H,1-2,6-7,9-12H2,(H,20,24). The van der Waals surface area contributed by atoms with E-state index in [1.165, 1.54) is 25.0 Å². The SMILES string of the molecule is O=C(c1ccc(=O)[nH]n1)N1Cc2nccn2CC(CN2CCCC2)C1. The van der Waals surface area contributed by atoms with Crippen LogP contribution >= 0.6 is 0 Å². The molecule has 8 heteroatoms. The highest BCUT2D eigenvalue weighted by molar-refractivity contribution is 5.92. The minimum atomic E-state index is -0.310. The number of aromatic amines is 1. The molecule has 1 saturated heterocycles. The average molecular weight is 342 g/mol. The second kappa shape index (κ2) is 6.79. The third-order valence-corrected chi connectivity index (χ3v) is 4.97. The predicted molar refractivity (Wildman–Crippen MR) is 91.0 cm³/mol. The number of fused-ring (bicyclic) bond motifs is 1. The van der Waals surface area contributed by atoms with E-state index in [4.69, 9.17) is 0 Å². The summed E-state index contributed by atoms with van der Waals surface area (Å²) < 4.78 is 2.15. The number of carbonyl (C=O) groups is 1. The lowest BCUT2D eigenvalue weighted by Gasteiger charge is -2.27. The van der Waals surface area contributed by atoms with Crippen molar-refractivity contribution in [2.45, 2.75) is 25.9 Å². The maximum atomic E-state index is 12.9. The topological polar surface area (TPSA) is 87.1 Å². The Bertz CT molecular complexity index is 787. The van der Waals surface area contributed by atoms with E-state index in [-0.39, 0.29) is 17.2 Å². The van der Waals surface area contributed by atoms with Gasteiger partial charge in [-0.15, -0.1) is 0 Å². The molecule has 4 rings (SSSR count). The number of likely N-dealkylation sites (tertiary alicyclic amines) is 1. The molecule has 0 saturated carbocycles. The van der Waals surface area contributed by atoms with Crippen molar-refractivity contribution >= 4 is 5.91 Å². The molecular formula is C17H22N6O2. The van der Waals surface area contributed by atoms with E-state index in [2.05, 4.69) is 24.6 Å². The predicted octanol–water partition coefficient (Wildman–Crippen LogP) is 0.334. The summed E-state index contributed by atoms with van der Waals surface area (Å²) in [4.78, 5) is 32.7. The van der Waals surface area contributed by atoms with Crippen molar-refractivity contribution in [1.82, 2.24) is 29.5 Å². The molecular weight excluding hydrogens is 320 g/mol. The fourth-order valence-electron chi connectivity index (χ4n) is 3.77. The van der Waals surface area contributed by atoms with Gasteiger partial charge >= 0.3 is 0 Å². The Morgan fingerprint density at radius 2 is 2.08 bits per heavy atom. The molecule has 0 aliphatic carbocycles. The Hall–Kier alpha value is -2.48. The number of nitrogens with one attached hydrogen (secondary N) is 1. The van der Waals surface area contributed by atoms with Crippen LogP contribution in [0.15, 0.2) is 29.3 Å². The van der Waals surface area contributed by atoms with Gasteiger partial charge in [0.2, 0.25) is 0 Å². The third kappa shape index (κ3) is 3.48. The van der Waals surface area contributed by atoms with Crippen LogP contribution in [-0.2, 0) is 13.1 Å². The van der Waals surface area contributed by atoms with Crippen LogP contribution in [0.5, 0.6) is 0 Å². The first-order valence-electron chi connectivity index (χ1n) is 8.76. The van der Waals surface area contributed by atoms with Gasteiger partial charge in [0.15, 0.2) is 0 Å². The Labute approximate surface area is 145 Å². The number of nitrogens with zero attached hydrogens (tertiary/aromatic N) is 5. The average Bonchev–Trinajstić information content (AvgIpc) is 3.24. The van der Waals surface area contributed by atoms with Gasteiger partial charge in [-0.1, -0.05) is 0 Å². The van der Waals surface area contributed by atoms with Gasteiger partial charge < -0.3 is 14.4 Å². The molecule has 0 spiro atoms. The molecule has 1 unspecified atom stereocenters. The smallest absolute Gasteiger partial charge is 0.274 e. The molecule has 2 aliphatic heterocycles. The van der Waals surface area contributed by atoms with Crippen LogP contribution in [0.3, 0.4) is 0 Å². The first-order valence-corrected chi connectivity index (χ1v) is 8.76. The van der Waals surface area contributed by atoms with E-state index in [1.807, 2.05) is 6.20 Å². The fraction of sp³-hybridized carbons (Fsp3) is 0.529. The van der Waals surface area contributed by atoms with Crippen LogP contribution in [-0.4, -0.2) is 61.6 Å². The first kappa shape index (κ1) is 16.0. The molecule has 1 N–H and O–H groups in total. The summed E-state index contributed by atoms with van der Waals surface area (Å²) in [7, 11) is 0. The number of rotatable bonds is 3. The van der Waals surface area contributed by atoms with Crippen molar-refractivity contribution in [3.05, 3.63) is 46.4 Å². The summed E-state index contributed by atoms with van der Waals surface area (Å²) in [5.41, 5.74) is -0.0469. The molecule has 8 nitrogen and oxygen atoms in total. The van der Waals surface area contributed by atoms with Gasteiger partial charge in [0, 0.05) is 44.0 Å². The van der Waals surface area contributed by atoms with Gasteiger partial charge in [0.25, 0.3) is 11.5 Å². The number of imidazole rings is 1. The second-order valence-electron chi connectivity index (χ2n) is 6.86. The van der Waals surface area contributed by atoms with Gasteiger partial charge in [0.1, 0.15) is 11.5 Å². The number of hydrogen-bond donors (Lipinski definition) is 1. The molecule has 0 aromatic carbocycles. The van der Waals surface area contributed by atoms with Crippen molar-refractivity contribution in [3.8, 4) is 0 Å². The maximum absolute atomic E-state index is 12.9. The summed E-state index contributed by atoms with van der Waals surface area (Å²) in [6.07, 6.45) is 6.28. The van der Waals surface area contributed by atoms with Gasteiger partial charge in [-0.05, 0) is 32.0 Å². The molecule has 2 aromatic rings. The lowest BCUT2D eigenvalue weighted by molar-refractivity contribution is 0.0699. The number of aromatic nitrogens is 4. The normalized spacial score (nSPS) is 21.1. The van der Waals surface area contributed by atoms with Crippen molar-refractivity contribution in [2.75, 3.05) is 26.2 Å². The van der Waals surface area contributed by atoms with Crippen LogP contribution in [0.1, 0.15) is 29.2 Å². The minimum absolute atomic E-state index is 0.167. The molecule has 0 radical (unpaired) electrons. The van der Waals surface area contributed by atoms with Crippen molar-refractivity contribution in [1.29, 1.82) is 0 Å². The number of amides is 1. The third-order valence-electron chi connectivity index (χ3n) is 4.97. The summed E-state index contributed by atoms with van der Waals surface area (Å²) >= 11 is 0. The first-order chi connectivity index (χ1) is 12.2. The van der Waals surface area contributed by atoms with Crippen LogP contribution < -0.4 is 5.56 Å². The van der Waals surface area contributed by atoms with Gasteiger partial charge in [-0.2, -0.15) is 5.10 Å². The van der Waals surface area contributed by atoms with E-state index < -0.39 is 0 Å². The van der Waals surface area contributed by atoms with Crippen LogP contribution in [0.2, 0.25) is 0 Å². The van der Waals surface area contributed by atoms with Crippen molar-refractivity contribution in [2.24, 2.45) is 5.92 Å². The lowest BCUT2D eigenvalue weighted by Crippen LogP contribution is -2.39. The maximum Gasteiger partial charge on any atom is 0.274 e. The molecule has 4 heterocycles. The quantitative estimate of drug-likeness (QED) is 0.869. The monoisotopic (exact) mass is 342 g/mol. The number of hydrogen-bond acceptors (Lipinski definition) is 5. The van der Waals surface area contributed by atoms with E-state index in [0.29, 0.717) is 19.0 Å². The Balaban J connectivity index is 1.56. The molecule has 0 bridgehead atoms. The zero-order chi connectivity index (χ0) is 17.2. The Morgan fingerprint density at radius 1 is 1.24 bits per heavy atom. The number of H-pyrrole nitrogens is 1. The van der Waals surface area contributed by atoms with Gasteiger partial charge in [-0.3, -0.25) is 9.59 Å². The van der Waals surface area contributed by atoms with E-state index in [9.17, 15) is 9.59 Å². The summed E-state index contributed by atoms with van der Waals surface area (Å²) in [6, 6.07) is 2.81. The largest absolute Gasteiger partial charge is 0.333 e. The molecule has 25 heavy (non-hydrogen) atoms. The van der Waals surface area contributed by atoms with Crippen LogP contribution in [0, 0.1) is 5.92 Å². The van der Waals surface area contributed by atoms with Crippen LogP contribution in [0.25, 0.3) is 0 Å². The highest BCUT2D eigenvalue weighted by Crippen LogP contribution is 2.19. The van der Waals surface area contributed by atoms with E-state index >= 15 is 0 Å². The highest BCUT2D eigenvalue weighted by atomic mass is 16.2. The molecule has 2 aliphatic rings. The van der Waals surface area contributed by atoms with E-state index in [1.54, 1.807) is 11.1 Å².